The summed E-state index contributed by atoms with van der Waals surface area (Å²) in [5, 5.41) is 3.11. The van der Waals surface area contributed by atoms with Gasteiger partial charge in [0.1, 0.15) is 0 Å². The Balaban J connectivity index is 1.82. The highest BCUT2D eigenvalue weighted by molar-refractivity contribution is 5.78. The van der Waals surface area contributed by atoms with E-state index < -0.39 is 0 Å². The second-order valence-corrected chi connectivity index (χ2v) is 5.76. The third kappa shape index (κ3) is 3.72. The van der Waals surface area contributed by atoms with Crippen LogP contribution in [0.3, 0.4) is 0 Å². The van der Waals surface area contributed by atoms with E-state index in [1.54, 1.807) is 0 Å². The Labute approximate surface area is 115 Å². The number of carbonyl (C=O) groups is 1. The van der Waals surface area contributed by atoms with Gasteiger partial charge in [-0.3, -0.25) is 4.79 Å². The Kier molecular flexibility index (Phi) is 4.46. The molecule has 1 aromatic rings. The summed E-state index contributed by atoms with van der Waals surface area (Å²) in [5.74, 6) is 0.115. The zero-order chi connectivity index (χ0) is 13.7. The molecule has 3 N–H and O–H groups in total. The summed E-state index contributed by atoms with van der Waals surface area (Å²) < 4.78 is 0. The number of nitrogen functional groups attached to an aromatic ring is 1. The topological polar surface area (TPSA) is 55.1 Å². The van der Waals surface area contributed by atoms with Gasteiger partial charge in [-0.2, -0.15) is 0 Å². The van der Waals surface area contributed by atoms with Crippen LogP contribution in [0.5, 0.6) is 0 Å². The maximum absolute atomic E-state index is 12.0. The first kappa shape index (κ1) is 13.9. The summed E-state index contributed by atoms with van der Waals surface area (Å²) in [6, 6.07) is 7.51. The average Bonchev–Trinajstić information content (AvgIpc) is 2.89. The van der Waals surface area contributed by atoms with Crippen LogP contribution >= 0.6 is 0 Å². The molecule has 0 saturated heterocycles. The van der Waals surface area contributed by atoms with Gasteiger partial charge in [-0.05, 0) is 42.4 Å². The molecule has 1 aliphatic carbocycles. The summed E-state index contributed by atoms with van der Waals surface area (Å²) in [6.45, 7) is 3.06. The minimum Gasteiger partial charge on any atom is -0.399 e. The van der Waals surface area contributed by atoms with Crippen LogP contribution in [0.4, 0.5) is 5.69 Å². The third-order valence-electron chi connectivity index (χ3n) is 4.42. The van der Waals surface area contributed by atoms with E-state index in [0.29, 0.717) is 11.8 Å². The predicted octanol–water partition coefficient (Wildman–Crippen LogP) is 2.90. The van der Waals surface area contributed by atoms with Crippen molar-refractivity contribution in [1.29, 1.82) is 0 Å². The second-order valence-electron chi connectivity index (χ2n) is 5.76. The lowest BCUT2D eigenvalue weighted by atomic mass is 9.83. The molecule has 0 bridgehead atoms. The Bertz CT molecular complexity index is 419. The van der Waals surface area contributed by atoms with E-state index in [-0.39, 0.29) is 5.91 Å². The third-order valence-corrected chi connectivity index (χ3v) is 4.42. The van der Waals surface area contributed by atoms with Crippen molar-refractivity contribution in [3.8, 4) is 0 Å². The molecular weight excluding hydrogens is 236 g/mol. The van der Waals surface area contributed by atoms with Gasteiger partial charge >= 0.3 is 0 Å². The molecule has 1 saturated carbocycles. The van der Waals surface area contributed by atoms with Crippen molar-refractivity contribution in [2.24, 2.45) is 5.41 Å². The molecule has 19 heavy (non-hydrogen) atoms. The van der Waals surface area contributed by atoms with Gasteiger partial charge in [0.25, 0.3) is 0 Å². The van der Waals surface area contributed by atoms with Gasteiger partial charge < -0.3 is 11.1 Å². The number of nitrogens with two attached hydrogens (primary N) is 1. The standard InChI is InChI=1S/C16H24N2O/c1-2-16(9-3-4-10-16)12-18-15(19)11-13-5-7-14(17)8-6-13/h5-8H,2-4,9-12,17H2,1H3,(H,18,19). The predicted molar refractivity (Wildman–Crippen MR) is 78.8 cm³/mol. The number of rotatable bonds is 5. The summed E-state index contributed by atoms with van der Waals surface area (Å²) in [6.07, 6.45) is 6.73. The van der Waals surface area contributed by atoms with Crippen LogP contribution in [0.2, 0.25) is 0 Å². The molecule has 0 heterocycles. The van der Waals surface area contributed by atoms with Gasteiger partial charge in [0.05, 0.1) is 6.42 Å². The molecule has 3 nitrogen and oxygen atoms in total. The summed E-state index contributed by atoms with van der Waals surface area (Å²) in [5.41, 5.74) is 7.75. The molecule has 1 amide bonds. The van der Waals surface area contributed by atoms with E-state index in [4.69, 9.17) is 5.73 Å². The van der Waals surface area contributed by atoms with Gasteiger partial charge in [-0.25, -0.2) is 0 Å². The average molecular weight is 260 g/mol. The highest BCUT2D eigenvalue weighted by atomic mass is 16.1. The number of anilines is 1. The van der Waals surface area contributed by atoms with Crippen molar-refractivity contribution in [1.82, 2.24) is 5.32 Å². The van der Waals surface area contributed by atoms with Crippen LogP contribution in [0, 0.1) is 5.41 Å². The van der Waals surface area contributed by atoms with Gasteiger partial charge in [0.2, 0.25) is 5.91 Å². The first-order valence-electron chi connectivity index (χ1n) is 7.25. The maximum Gasteiger partial charge on any atom is 0.224 e. The minimum absolute atomic E-state index is 0.115. The Morgan fingerprint density at radius 3 is 2.47 bits per heavy atom. The molecular formula is C16H24N2O. The summed E-state index contributed by atoms with van der Waals surface area (Å²) in [4.78, 5) is 12.0. The van der Waals surface area contributed by atoms with Crippen LogP contribution in [-0.4, -0.2) is 12.5 Å². The second kappa shape index (κ2) is 6.09. The molecule has 0 aromatic heterocycles. The van der Waals surface area contributed by atoms with Crippen LogP contribution in [0.15, 0.2) is 24.3 Å². The number of hydrogen-bond donors (Lipinski definition) is 2. The molecule has 1 aliphatic rings. The molecule has 0 spiro atoms. The number of nitrogens with one attached hydrogen (secondary N) is 1. The molecule has 2 rings (SSSR count). The SMILES string of the molecule is CCC1(CNC(=O)Cc2ccc(N)cc2)CCCC1. The van der Waals surface area contributed by atoms with Crippen molar-refractivity contribution in [2.45, 2.75) is 45.4 Å². The fourth-order valence-electron chi connectivity index (χ4n) is 2.95. The minimum atomic E-state index is 0.115. The van der Waals surface area contributed by atoms with Crippen LogP contribution < -0.4 is 11.1 Å². The van der Waals surface area contributed by atoms with Gasteiger partial charge in [0.15, 0.2) is 0 Å². The van der Waals surface area contributed by atoms with Crippen molar-refractivity contribution < 1.29 is 4.79 Å². The lowest BCUT2D eigenvalue weighted by molar-refractivity contribution is -0.121. The smallest absolute Gasteiger partial charge is 0.224 e. The highest BCUT2D eigenvalue weighted by Crippen LogP contribution is 2.40. The molecule has 0 radical (unpaired) electrons. The van der Waals surface area contributed by atoms with E-state index >= 15 is 0 Å². The van der Waals surface area contributed by atoms with E-state index in [1.165, 1.54) is 25.7 Å². The zero-order valence-corrected chi connectivity index (χ0v) is 11.7. The summed E-state index contributed by atoms with van der Waals surface area (Å²) in [7, 11) is 0. The lowest BCUT2D eigenvalue weighted by Gasteiger charge is -2.27. The molecule has 1 fully saturated rings. The highest BCUT2D eigenvalue weighted by Gasteiger charge is 2.32. The first-order valence-corrected chi connectivity index (χ1v) is 7.25. The molecule has 0 atom stereocenters. The van der Waals surface area contributed by atoms with Crippen molar-refractivity contribution in [2.75, 3.05) is 12.3 Å². The van der Waals surface area contributed by atoms with Gasteiger partial charge in [-0.1, -0.05) is 31.9 Å². The molecule has 1 aromatic carbocycles. The molecule has 3 heteroatoms. The Hall–Kier alpha value is -1.51. The Morgan fingerprint density at radius 2 is 1.89 bits per heavy atom. The number of carbonyl (C=O) groups excluding carboxylic acids is 1. The first-order chi connectivity index (χ1) is 9.13. The number of benzene rings is 1. The van der Waals surface area contributed by atoms with Gasteiger partial charge in [-0.15, -0.1) is 0 Å². The van der Waals surface area contributed by atoms with Crippen molar-refractivity contribution in [3.63, 3.8) is 0 Å². The van der Waals surface area contributed by atoms with Crippen molar-refractivity contribution >= 4 is 11.6 Å². The Morgan fingerprint density at radius 1 is 1.26 bits per heavy atom. The van der Waals surface area contributed by atoms with E-state index in [9.17, 15) is 4.79 Å². The maximum atomic E-state index is 12.0. The van der Waals surface area contributed by atoms with Crippen LogP contribution in [0.25, 0.3) is 0 Å². The zero-order valence-electron chi connectivity index (χ0n) is 11.7. The molecule has 0 aliphatic heterocycles. The van der Waals surface area contributed by atoms with Gasteiger partial charge in [0, 0.05) is 12.2 Å². The van der Waals surface area contributed by atoms with Crippen LogP contribution in [-0.2, 0) is 11.2 Å². The van der Waals surface area contributed by atoms with Crippen molar-refractivity contribution in [3.05, 3.63) is 29.8 Å². The fourth-order valence-corrected chi connectivity index (χ4v) is 2.95. The number of amides is 1. The quantitative estimate of drug-likeness (QED) is 0.800. The largest absolute Gasteiger partial charge is 0.399 e. The number of hydrogen-bond acceptors (Lipinski definition) is 2. The van der Waals surface area contributed by atoms with E-state index in [2.05, 4.69) is 12.2 Å². The molecule has 0 unspecified atom stereocenters. The monoisotopic (exact) mass is 260 g/mol. The summed E-state index contributed by atoms with van der Waals surface area (Å²) >= 11 is 0. The van der Waals surface area contributed by atoms with E-state index in [1.807, 2.05) is 24.3 Å². The lowest BCUT2D eigenvalue weighted by Crippen LogP contribution is -2.36. The fraction of sp³-hybridized carbons (Fsp3) is 0.562. The van der Waals surface area contributed by atoms with Crippen LogP contribution in [0.1, 0.15) is 44.6 Å². The molecule has 104 valence electrons. The normalized spacial score (nSPS) is 17.3. The van der Waals surface area contributed by atoms with E-state index in [0.717, 1.165) is 24.2 Å².